The number of phenols is 1. The van der Waals surface area contributed by atoms with Gasteiger partial charge in [-0.15, -0.1) is 0 Å². The maximum absolute atomic E-state index is 12.9. The predicted octanol–water partition coefficient (Wildman–Crippen LogP) is 13.8. The molecule has 0 saturated carbocycles. The Morgan fingerprint density at radius 1 is 0.640 bits per heavy atom. The van der Waals surface area contributed by atoms with E-state index in [2.05, 4.69) is 35.2 Å². The Morgan fingerprint density at radius 2 is 1.15 bits per heavy atom. The zero-order valence-corrected chi connectivity index (χ0v) is 46.9. The average Bonchev–Trinajstić information content (AvgIpc) is 2.85. The number of anilines is 4. The lowest BCUT2D eigenvalue weighted by Crippen LogP contribution is -2.24. The minimum atomic E-state index is -4.56. The number of ether oxygens (including phenoxy) is 4. The summed E-state index contributed by atoms with van der Waals surface area (Å²) >= 11 is 5.71. The number of fused-ring (bicyclic) bond motifs is 1. The molecule has 9 aromatic rings. The molecule has 9 rings (SSSR count). The quantitative estimate of drug-likeness (QED) is 0.0201. The summed E-state index contributed by atoms with van der Waals surface area (Å²) < 4.78 is 100. The van der Waals surface area contributed by atoms with Crippen LogP contribution in [0.3, 0.4) is 0 Å². The summed E-state index contributed by atoms with van der Waals surface area (Å²) in [5.74, 6) is 0.366. The van der Waals surface area contributed by atoms with Crippen LogP contribution in [0.1, 0.15) is 73.8 Å². The summed E-state index contributed by atoms with van der Waals surface area (Å²) in [6, 6.07) is 26.3. The Labute approximate surface area is 488 Å². The van der Waals surface area contributed by atoms with Crippen molar-refractivity contribution in [1.82, 2.24) is 34.5 Å². The molecule has 5 heterocycles. The Bertz CT molecular complexity index is 3910. The van der Waals surface area contributed by atoms with Gasteiger partial charge < -0.3 is 50.4 Å². The standard InChI is InChI=1S/C24H16F6N6O.C16H17N3O5.C10H12ClNO2.C6H6N2O3/c1-36-19-7-6-15(10-17(19)34-22(36)33-14-4-2-13(3-5-14)23(25,26)27)37-16-8-9-31-18(11-16)21-32-12-20(35-21)24(28,29)30;1-16(2,3)24-15(20)13-8-11(6-7-18-13)23-10-4-5-12(17)14(9-10)19(21)22;1-10(2,3)14-9(13)8-6-7(11)4-5-12-8;7-5-2-1-4(9)3-6(5)8(10)11/h2-12H,1H3,(H,32,35)(H,33,34);4-9H,17H2,1-3H3;4-6H,1-3H3;1-3,9H,7H2. The molecule has 0 unspecified atom stereocenters. The number of hydrogen-bond donors (Lipinski definition) is 5. The third-order valence-electron chi connectivity index (χ3n) is 10.7. The lowest BCUT2D eigenvalue weighted by molar-refractivity contribution is -0.384. The average molecular weight is 1220 g/mol. The van der Waals surface area contributed by atoms with Gasteiger partial charge >= 0.3 is 24.3 Å². The first kappa shape index (κ1) is 64.6. The van der Waals surface area contributed by atoms with Gasteiger partial charge in [0.1, 0.15) is 68.4 Å². The summed E-state index contributed by atoms with van der Waals surface area (Å²) in [5.41, 5.74) is 9.61. The number of esters is 2. The number of H-pyrrole nitrogens is 1. The highest BCUT2D eigenvalue weighted by atomic mass is 35.5. The number of aromatic nitrogens is 7. The first-order chi connectivity index (χ1) is 40.1. The summed E-state index contributed by atoms with van der Waals surface area (Å²) in [5, 5.41) is 33.4. The molecule has 0 aliphatic heterocycles. The number of nitro groups is 2. The molecule has 0 fully saturated rings. The van der Waals surface area contributed by atoms with E-state index in [1.807, 2.05) is 0 Å². The van der Waals surface area contributed by atoms with Crippen LogP contribution in [0.5, 0.6) is 28.7 Å². The normalized spacial score (nSPS) is 11.3. The van der Waals surface area contributed by atoms with Crippen molar-refractivity contribution < 1.29 is 69.8 Å². The number of nitro benzene ring substituents is 2. The zero-order valence-electron chi connectivity index (χ0n) is 46.2. The van der Waals surface area contributed by atoms with Gasteiger partial charge in [-0.3, -0.25) is 25.2 Å². The van der Waals surface area contributed by atoms with Gasteiger partial charge in [-0.2, -0.15) is 26.3 Å². The van der Waals surface area contributed by atoms with Crippen LogP contribution in [0.2, 0.25) is 5.02 Å². The van der Waals surface area contributed by atoms with E-state index in [0.29, 0.717) is 45.6 Å². The number of hydrogen-bond acceptors (Lipinski definition) is 19. The van der Waals surface area contributed by atoms with Crippen molar-refractivity contribution in [2.75, 3.05) is 16.8 Å². The van der Waals surface area contributed by atoms with Crippen LogP contribution >= 0.6 is 11.6 Å². The molecule has 450 valence electrons. The van der Waals surface area contributed by atoms with Crippen molar-refractivity contribution in [3.8, 4) is 40.3 Å². The molecule has 30 heteroatoms. The molecular weight excluding hydrogens is 1170 g/mol. The molecule has 7 N–H and O–H groups in total. The molecule has 0 saturated heterocycles. The highest BCUT2D eigenvalue weighted by molar-refractivity contribution is 6.30. The molecule has 0 bridgehead atoms. The second-order valence-electron chi connectivity index (χ2n) is 19.8. The number of nitrogens with two attached hydrogens (primary N) is 2. The highest BCUT2D eigenvalue weighted by Gasteiger charge is 2.33. The van der Waals surface area contributed by atoms with E-state index in [9.17, 15) is 56.2 Å². The molecule has 86 heavy (non-hydrogen) atoms. The summed E-state index contributed by atoms with van der Waals surface area (Å²) in [6.45, 7) is 10.6. The number of carbonyl (C=O) groups excluding carboxylic acids is 2. The van der Waals surface area contributed by atoms with E-state index < -0.39 is 56.6 Å². The molecule has 0 atom stereocenters. The number of aromatic hydroxyl groups is 1. The summed E-state index contributed by atoms with van der Waals surface area (Å²) in [6.07, 6.45) is -4.05. The van der Waals surface area contributed by atoms with Crippen LogP contribution in [0.4, 0.5) is 60.7 Å². The van der Waals surface area contributed by atoms with E-state index in [0.717, 1.165) is 23.7 Å². The van der Waals surface area contributed by atoms with Gasteiger partial charge in [0.15, 0.2) is 11.5 Å². The van der Waals surface area contributed by atoms with Crippen LogP contribution in [0, 0.1) is 20.2 Å². The van der Waals surface area contributed by atoms with Gasteiger partial charge in [-0.1, -0.05) is 11.6 Å². The minimum Gasteiger partial charge on any atom is -0.508 e. The number of rotatable bonds is 11. The van der Waals surface area contributed by atoms with Crippen molar-refractivity contribution >= 4 is 69.0 Å². The topological polar surface area (TPSA) is 327 Å². The highest BCUT2D eigenvalue weighted by Crippen LogP contribution is 2.35. The number of alkyl halides is 6. The van der Waals surface area contributed by atoms with Crippen molar-refractivity contribution in [3.05, 3.63) is 188 Å². The van der Waals surface area contributed by atoms with Gasteiger partial charge in [0.05, 0.1) is 44.8 Å². The fraction of sp³-hybridized carbons (Fsp3) is 0.196. The van der Waals surface area contributed by atoms with Crippen molar-refractivity contribution in [2.24, 2.45) is 7.05 Å². The van der Waals surface area contributed by atoms with Crippen LogP contribution in [0.15, 0.2) is 140 Å². The number of nitrogen functional groups attached to an aromatic ring is 2. The molecule has 5 aromatic heterocycles. The van der Waals surface area contributed by atoms with E-state index in [4.69, 9.17) is 47.1 Å². The number of imidazole rings is 2. The number of nitrogens with zero attached hydrogens (tertiary/aromatic N) is 8. The molecule has 0 aliphatic rings. The summed E-state index contributed by atoms with van der Waals surface area (Å²) in [7, 11) is 1.75. The largest absolute Gasteiger partial charge is 0.508 e. The van der Waals surface area contributed by atoms with E-state index in [1.165, 1.54) is 91.4 Å². The number of nitrogens with one attached hydrogen (secondary N) is 2. The fourth-order valence-electron chi connectivity index (χ4n) is 6.90. The maximum Gasteiger partial charge on any atom is 0.432 e. The van der Waals surface area contributed by atoms with Crippen LogP contribution in [-0.4, -0.2) is 72.6 Å². The van der Waals surface area contributed by atoms with E-state index in [-0.39, 0.29) is 57.2 Å². The second-order valence-corrected chi connectivity index (χ2v) is 20.2. The van der Waals surface area contributed by atoms with Crippen molar-refractivity contribution in [3.63, 3.8) is 0 Å². The number of aromatic amines is 1. The van der Waals surface area contributed by atoms with Gasteiger partial charge in [-0.05, 0) is 126 Å². The zero-order chi connectivity index (χ0) is 63.5. The van der Waals surface area contributed by atoms with Gasteiger partial charge in [0.25, 0.3) is 11.4 Å². The number of aryl methyl sites for hydroxylation is 1. The van der Waals surface area contributed by atoms with Gasteiger partial charge in [0, 0.05) is 54.5 Å². The molecule has 23 nitrogen and oxygen atoms in total. The van der Waals surface area contributed by atoms with Crippen LogP contribution in [0.25, 0.3) is 22.6 Å². The number of pyridine rings is 3. The Kier molecular flexibility index (Phi) is 20.1. The van der Waals surface area contributed by atoms with Gasteiger partial charge in [0.2, 0.25) is 5.95 Å². The molecule has 4 aromatic carbocycles. The molecular formula is C56H51ClF6N12O11. The summed E-state index contributed by atoms with van der Waals surface area (Å²) in [4.78, 5) is 65.6. The SMILES string of the molecule is CC(C)(C)OC(=O)c1cc(Cl)ccn1.CC(C)(C)OC(=O)c1cc(Oc2ccc(N)c([N+](=O)[O-])c2)ccn1.Cn1c(Nc2ccc(C(F)(F)F)cc2)nc2cc(Oc3ccnc(-c4ncc(C(F)(F)F)[nH]4)c3)ccc21.Nc1ccc(O)cc1[N+](=O)[O-]. The predicted molar refractivity (Wildman–Crippen MR) is 303 cm³/mol. The monoisotopic (exact) mass is 1220 g/mol. The number of phenolic OH excluding ortho intramolecular Hbond substituents is 1. The van der Waals surface area contributed by atoms with Crippen molar-refractivity contribution in [2.45, 2.75) is 65.1 Å². The molecule has 0 amide bonds. The van der Waals surface area contributed by atoms with E-state index >= 15 is 0 Å². The lowest BCUT2D eigenvalue weighted by Gasteiger charge is -2.19. The third-order valence-corrected chi connectivity index (χ3v) is 11.0. The Balaban J connectivity index is 0.000000206. The Hall–Kier alpha value is -10.6. The first-order valence-corrected chi connectivity index (χ1v) is 25.2. The lowest BCUT2D eigenvalue weighted by atomic mass is 10.2. The maximum atomic E-state index is 12.9. The van der Waals surface area contributed by atoms with Gasteiger partial charge in [-0.25, -0.2) is 29.5 Å². The number of carbonyl (C=O) groups is 2. The van der Waals surface area contributed by atoms with Crippen LogP contribution in [-0.2, 0) is 28.9 Å². The Morgan fingerprint density at radius 3 is 1.69 bits per heavy atom. The first-order valence-electron chi connectivity index (χ1n) is 24.8. The fourth-order valence-corrected chi connectivity index (χ4v) is 7.06. The second kappa shape index (κ2) is 26.8. The smallest absolute Gasteiger partial charge is 0.432 e. The van der Waals surface area contributed by atoms with Crippen molar-refractivity contribution in [1.29, 1.82) is 0 Å². The minimum absolute atomic E-state index is 0.0384. The molecule has 0 aliphatic carbocycles. The van der Waals surface area contributed by atoms with E-state index in [1.54, 1.807) is 77.4 Å². The molecule has 0 spiro atoms. The number of halogens is 7. The van der Waals surface area contributed by atoms with Crippen LogP contribution < -0.4 is 26.3 Å². The molecule has 0 radical (unpaired) electrons. The third kappa shape index (κ3) is 18.7. The number of benzene rings is 4.